The van der Waals surface area contributed by atoms with Gasteiger partial charge in [-0.3, -0.25) is 0 Å². The van der Waals surface area contributed by atoms with E-state index in [1.54, 1.807) is 6.33 Å². The molecule has 1 aromatic heterocycles. The van der Waals surface area contributed by atoms with Crippen LogP contribution in [0.25, 0.3) is 0 Å². The molecule has 1 aromatic rings. The zero-order valence-corrected chi connectivity index (χ0v) is 13.9. The summed E-state index contributed by atoms with van der Waals surface area (Å²) in [6, 6.07) is 0.903. The Morgan fingerprint density at radius 3 is 3.05 bits per heavy atom. The van der Waals surface area contributed by atoms with Gasteiger partial charge in [0.25, 0.3) is 0 Å². The zero-order valence-electron chi connectivity index (χ0n) is 13.0. The topological polar surface area (TPSA) is 52.0 Å². The molecule has 1 spiro atoms. The summed E-state index contributed by atoms with van der Waals surface area (Å²) in [6.07, 6.45) is 6.19. The van der Waals surface area contributed by atoms with Gasteiger partial charge < -0.3 is 10.1 Å². The van der Waals surface area contributed by atoms with E-state index in [1.165, 1.54) is 24.3 Å². The number of hydrogen-bond acceptors (Lipinski definition) is 5. The van der Waals surface area contributed by atoms with E-state index < -0.39 is 0 Å². The summed E-state index contributed by atoms with van der Waals surface area (Å²) >= 11 is 2.05. The maximum absolute atomic E-state index is 6.18. The highest BCUT2D eigenvalue weighted by Crippen LogP contribution is 2.41. The molecule has 2 fully saturated rings. The van der Waals surface area contributed by atoms with Gasteiger partial charge in [-0.15, -0.1) is 0 Å². The number of thioether (sulfide) groups is 1. The van der Waals surface area contributed by atoms with Gasteiger partial charge in [0.05, 0.1) is 18.2 Å². The number of nitrogens with one attached hydrogen (secondary N) is 1. The van der Waals surface area contributed by atoms with Crippen molar-refractivity contribution < 1.29 is 4.74 Å². The molecule has 2 aliphatic rings. The van der Waals surface area contributed by atoms with Gasteiger partial charge in [0, 0.05) is 12.6 Å². The van der Waals surface area contributed by atoms with Crippen LogP contribution in [0.15, 0.2) is 6.33 Å². The van der Waals surface area contributed by atoms with E-state index in [1.807, 2.05) is 0 Å². The summed E-state index contributed by atoms with van der Waals surface area (Å²) in [5.74, 6) is 3.51. The SMILES string of the molecule is CC(C)NCc1ncnn1C1CCOC2(CCSCC2)C1. The third kappa shape index (κ3) is 3.60. The van der Waals surface area contributed by atoms with Gasteiger partial charge in [-0.2, -0.15) is 16.9 Å². The predicted molar refractivity (Wildman–Crippen MR) is 85.5 cm³/mol. The highest BCUT2D eigenvalue weighted by atomic mass is 32.2. The largest absolute Gasteiger partial charge is 0.375 e. The molecule has 0 amide bonds. The molecular weight excluding hydrogens is 284 g/mol. The van der Waals surface area contributed by atoms with Crippen molar-refractivity contribution in [3.8, 4) is 0 Å². The number of nitrogens with zero attached hydrogens (tertiary/aromatic N) is 3. The highest BCUT2D eigenvalue weighted by Gasteiger charge is 2.40. The Morgan fingerprint density at radius 2 is 2.29 bits per heavy atom. The van der Waals surface area contributed by atoms with E-state index in [2.05, 4.69) is 45.7 Å². The van der Waals surface area contributed by atoms with Gasteiger partial charge >= 0.3 is 0 Å². The van der Waals surface area contributed by atoms with Crippen molar-refractivity contribution in [1.82, 2.24) is 20.1 Å². The van der Waals surface area contributed by atoms with Crippen molar-refractivity contribution in [1.29, 1.82) is 0 Å². The average molecular weight is 310 g/mol. The van der Waals surface area contributed by atoms with Crippen LogP contribution in [-0.2, 0) is 11.3 Å². The van der Waals surface area contributed by atoms with E-state index in [-0.39, 0.29) is 5.60 Å². The van der Waals surface area contributed by atoms with Gasteiger partial charge in [0.15, 0.2) is 0 Å². The maximum atomic E-state index is 6.18. The molecule has 2 aliphatic heterocycles. The molecule has 5 nitrogen and oxygen atoms in total. The Bertz CT molecular complexity index is 451. The Kier molecular flexibility index (Phi) is 4.86. The molecule has 0 aromatic carbocycles. The number of hydrogen-bond donors (Lipinski definition) is 1. The van der Waals surface area contributed by atoms with Crippen LogP contribution in [0.5, 0.6) is 0 Å². The maximum Gasteiger partial charge on any atom is 0.141 e. The van der Waals surface area contributed by atoms with E-state index in [0.29, 0.717) is 12.1 Å². The van der Waals surface area contributed by atoms with Crippen LogP contribution in [0.2, 0.25) is 0 Å². The summed E-state index contributed by atoms with van der Waals surface area (Å²) in [5, 5.41) is 7.94. The molecule has 6 heteroatoms. The smallest absolute Gasteiger partial charge is 0.141 e. The van der Waals surface area contributed by atoms with Gasteiger partial charge in [0.2, 0.25) is 0 Å². The Hall–Kier alpha value is -0.590. The molecule has 0 aliphatic carbocycles. The van der Waals surface area contributed by atoms with Crippen LogP contribution in [-0.4, -0.2) is 44.5 Å². The molecule has 118 valence electrons. The van der Waals surface area contributed by atoms with Crippen LogP contribution >= 0.6 is 11.8 Å². The van der Waals surface area contributed by atoms with E-state index >= 15 is 0 Å². The lowest BCUT2D eigenvalue weighted by molar-refractivity contribution is -0.101. The first-order chi connectivity index (χ1) is 10.2. The molecule has 1 atom stereocenters. The third-order valence-corrected chi connectivity index (χ3v) is 5.52. The van der Waals surface area contributed by atoms with E-state index in [9.17, 15) is 0 Å². The summed E-state index contributed by atoms with van der Waals surface area (Å²) in [4.78, 5) is 4.44. The Balaban J connectivity index is 1.70. The first-order valence-electron chi connectivity index (χ1n) is 8.02. The first-order valence-corrected chi connectivity index (χ1v) is 9.17. The van der Waals surface area contributed by atoms with Gasteiger partial charge in [-0.05, 0) is 37.2 Å². The second-order valence-corrected chi connectivity index (χ2v) is 7.67. The zero-order chi connectivity index (χ0) is 14.7. The molecule has 3 heterocycles. The fourth-order valence-corrected chi connectivity index (χ4v) is 4.54. The molecule has 3 rings (SSSR count). The van der Waals surface area contributed by atoms with Crippen molar-refractivity contribution in [2.45, 2.75) is 63.8 Å². The van der Waals surface area contributed by atoms with Crippen molar-refractivity contribution in [2.24, 2.45) is 0 Å². The second-order valence-electron chi connectivity index (χ2n) is 6.45. The Labute approximate surface area is 131 Å². The highest BCUT2D eigenvalue weighted by molar-refractivity contribution is 7.99. The molecule has 0 bridgehead atoms. The van der Waals surface area contributed by atoms with Crippen LogP contribution in [0.1, 0.15) is 51.4 Å². The molecule has 1 unspecified atom stereocenters. The fourth-order valence-electron chi connectivity index (χ4n) is 3.30. The van der Waals surface area contributed by atoms with Crippen LogP contribution < -0.4 is 5.32 Å². The van der Waals surface area contributed by atoms with Gasteiger partial charge in [-0.25, -0.2) is 9.67 Å². The minimum atomic E-state index is 0.100. The van der Waals surface area contributed by atoms with E-state index in [0.717, 1.165) is 31.8 Å². The van der Waals surface area contributed by atoms with Crippen LogP contribution in [0.3, 0.4) is 0 Å². The Morgan fingerprint density at radius 1 is 1.48 bits per heavy atom. The minimum Gasteiger partial charge on any atom is -0.375 e. The van der Waals surface area contributed by atoms with E-state index in [4.69, 9.17) is 4.74 Å². The predicted octanol–water partition coefficient (Wildman–Crippen LogP) is 2.39. The van der Waals surface area contributed by atoms with Crippen molar-refractivity contribution in [3.63, 3.8) is 0 Å². The molecule has 21 heavy (non-hydrogen) atoms. The summed E-state index contributed by atoms with van der Waals surface area (Å²) in [7, 11) is 0. The number of rotatable bonds is 4. The molecule has 0 radical (unpaired) electrons. The molecule has 0 saturated carbocycles. The number of ether oxygens (including phenoxy) is 1. The monoisotopic (exact) mass is 310 g/mol. The van der Waals surface area contributed by atoms with Crippen LogP contribution in [0, 0.1) is 0 Å². The first kappa shape index (κ1) is 15.3. The van der Waals surface area contributed by atoms with Gasteiger partial charge in [-0.1, -0.05) is 13.8 Å². The fraction of sp³-hybridized carbons (Fsp3) is 0.867. The van der Waals surface area contributed by atoms with Crippen molar-refractivity contribution in [3.05, 3.63) is 12.2 Å². The molecular formula is C15H26N4OS. The summed E-state index contributed by atoms with van der Waals surface area (Å²) in [6.45, 7) is 5.96. The molecule has 1 N–H and O–H groups in total. The minimum absolute atomic E-state index is 0.100. The third-order valence-electron chi connectivity index (χ3n) is 4.53. The van der Waals surface area contributed by atoms with Crippen molar-refractivity contribution >= 4 is 11.8 Å². The van der Waals surface area contributed by atoms with Gasteiger partial charge in [0.1, 0.15) is 12.2 Å². The van der Waals surface area contributed by atoms with Crippen LogP contribution in [0.4, 0.5) is 0 Å². The number of aromatic nitrogens is 3. The lowest BCUT2D eigenvalue weighted by Gasteiger charge is -2.43. The van der Waals surface area contributed by atoms with Crippen molar-refractivity contribution in [2.75, 3.05) is 18.1 Å². The summed E-state index contributed by atoms with van der Waals surface area (Å²) in [5.41, 5.74) is 0.100. The lowest BCUT2D eigenvalue weighted by atomic mass is 9.85. The normalized spacial score (nSPS) is 25.6. The lowest BCUT2D eigenvalue weighted by Crippen LogP contribution is -2.43. The standard InChI is InChI=1S/C15H26N4OS/c1-12(2)16-10-14-17-11-18-19(14)13-3-6-20-15(9-13)4-7-21-8-5-15/h11-13,16H,3-10H2,1-2H3. The quantitative estimate of drug-likeness (QED) is 0.925. The average Bonchev–Trinajstić information content (AvgIpc) is 2.94. The molecule has 2 saturated heterocycles. The second kappa shape index (κ2) is 6.67. The summed E-state index contributed by atoms with van der Waals surface area (Å²) < 4.78 is 8.32.